The summed E-state index contributed by atoms with van der Waals surface area (Å²) in [5.41, 5.74) is 0.481. The number of rotatable bonds is 3. The highest BCUT2D eigenvalue weighted by Crippen LogP contribution is 2.00. The zero-order valence-electron chi connectivity index (χ0n) is 8.00. The van der Waals surface area contributed by atoms with Crippen molar-refractivity contribution in [2.45, 2.75) is 13.8 Å². The molecule has 0 radical (unpaired) electrons. The Labute approximate surface area is 77.2 Å². The molecule has 0 bridgehead atoms. The van der Waals surface area contributed by atoms with Crippen molar-refractivity contribution in [3.8, 4) is 0 Å². The smallest absolute Gasteiger partial charge is 0.332 e. The van der Waals surface area contributed by atoms with Gasteiger partial charge < -0.3 is 10.0 Å². The molecule has 0 heterocycles. The van der Waals surface area contributed by atoms with Crippen LogP contribution in [-0.2, 0) is 9.59 Å². The maximum atomic E-state index is 11.2. The highest BCUT2D eigenvalue weighted by atomic mass is 16.4. The van der Waals surface area contributed by atoms with E-state index >= 15 is 0 Å². The highest BCUT2D eigenvalue weighted by Gasteiger charge is 2.08. The Bertz CT molecular complexity index is 279. The van der Waals surface area contributed by atoms with Gasteiger partial charge in [-0.3, -0.25) is 4.79 Å². The van der Waals surface area contributed by atoms with Gasteiger partial charge >= 0.3 is 5.97 Å². The SMILES string of the molecule is C=C(C)C(=O)N(C)C=C(C)C(=O)O. The summed E-state index contributed by atoms with van der Waals surface area (Å²) in [6.07, 6.45) is 1.26. The van der Waals surface area contributed by atoms with E-state index in [0.717, 1.165) is 0 Å². The highest BCUT2D eigenvalue weighted by molar-refractivity contribution is 5.94. The number of hydrogen-bond donors (Lipinski definition) is 1. The summed E-state index contributed by atoms with van der Waals surface area (Å²) in [5.74, 6) is -1.33. The number of hydrogen-bond acceptors (Lipinski definition) is 2. The van der Waals surface area contributed by atoms with Gasteiger partial charge in [0.05, 0.1) is 5.57 Å². The number of carboxylic acids is 1. The molecule has 1 amide bonds. The van der Waals surface area contributed by atoms with Crippen LogP contribution in [0.3, 0.4) is 0 Å². The van der Waals surface area contributed by atoms with Gasteiger partial charge in [-0.2, -0.15) is 0 Å². The third kappa shape index (κ3) is 3.55. The molecule has 0 fully saturated rings. The van der Waals surface area contributed by atoms with Crippen LogP contribution in [0, 0.1) is 0 Å². The molecule has 0 aliphatic rings. The third-order valence-corrected chi connectivity index (χ3v) is 1.41. The molecule has 13 heavy (non-hydrogen) atoms. The average molecular weight is 183 g/mol. The second-order valence-corrected chi connectivity index (χ2v) is 2.81. The van der Waals surface area contributed by atoms with Crippen molar-refractivity contribution in [2.24, 2.45) is 0 Å². The first kappa shape index (κ1) is 11.4. The molecule has 0 aromatic heterocycles. The number of nitrogens with zero attached hydrogens (tertiary/aromatic N) is 1. The molecule has 4 heteroatoms. The fourth-order valence-electron chi connectivity index (χ4n) is 0.705. The van der Waals surface area contributed by atoms with Gasteiger partial charge in [-0.05, 0) is 13.8 Å². The molecule has 0 aromatic carbocycles. The lowest BCUT2D eigenvalue weighted by molar-refractivity contribution is -0.132. The van der Waals surface area contributed by atoms with Gasteiger partial charge in [0.25, 0.3) is 5.91 Å². The van der Waals surface area contributed by atoms with Crippen LogP contribution in [0.25, 0.3) is 0 Å². The lowest BCUT2D eigenvalue weighted by Crippen LogP contribution is -2.22. The molecule has 1 N–H and O–H groups in total. The lowest BCUT2D eigenvalue weighted by Gasteiger charge is -2.11. The minimum absolute atomic E-state index is 0.108. The van der Waals surface area contributed by atoms with Crippen LogP contribution in [0.1, 0.15) is 13.8 Å². The molecule has 0 unspecified atom stereocenters. The van der Waals surface area contributed by atoms with Crippen molar-refractivity contribution in [1.29, 1.82) is 0 Å². The van der Waals surface area contributed by atoms with Crippen molar-refractivity contribution in [3.63, 3.8) is 0 Å². The van der Waals surface area contributed by atoms with Crippen molar-refractivity contribution in [3.05, 3.63) is 23.9 Å². The molecule has 0 saturated heterocycles. The molecule has 0 aliphatic carbocycles. The standard InChI is InChI=1S/C9H13NO3/c1-6(2)8(11)10(4)5-7(3)9(12)13/h5H,1H2,2-4H3,(H,12,13). The van der Waals surface area contributed by atoms with E-state index in [0.29, 0.717) is 5.57 Å². The Morgan fingerprint density at radius 2 is 1.85 bits per heavy atom. The van der Waals surface area contributed by atoms with Gasteiger partial charge in [0.15, 0.2) is 0 Å². The average Bonchev–Trinajstić information content (AvgIpc) is 2.02. The molecule has 0 rings (SSSR count). The van der Waals surface area contributed by atoms with E-state index in [1.807, 2.05) is 0 Å². The van der Waals surface area contributed by atoms with Crippen LogP contribution < -0.4 is 0 Å². The monoisotopic (exact) mass is 183 g/mol. The summed E-state index contributed by atoms with van der Waals surface area (Å²) >= 11 is 0. The largest absolute Gasteiger partial charge is 0.478 e. The van der Waals surface area contributed by atoms with E-state index in [1.54, 1.807) is 6.92 Å². The van der Waals surface area contributed by atoms with E-state index < -0.39 is 5.97 Å². The summed E-state index contributed by atoms with van der Waals surface area (Å²) in [6, 6.07) is 0. The summed E-state index contributed by atoms with van der Waals surface area (Å²) in [7, 11) is 1.49. The predicted octanol–water partition coefficient (Wildman–Crippen LogP) is 1.01. The quantitative estimate of drug-likeness (QED) is 0.664. The Balaban J connectivity index is 4.55. The van der Waals surface area contributed by atoms with Gasteiger partial charge in [0.2, 0.25) is 0 Å². The molecule has 72 valence electrons. The molecule has 0 aromatic rings. The number of aliphatic carboxylic acids is 1. The lowest BCUT2D eigenvalue weighted by atomic mass is 10.3. The zero-order chi connectivity index (χ0) is 10.6. The van der Waals surface area contributed by atoms with Crippen LogP contribution in [-0.4, -0.2) is 28.9 Å². The second kappa shape index (κ2) is 4.45. The number of carbonyl (C=O) groups excluding carboxylic acids is 1. The minimum Gasteiger partial charge on any atom is -0.478 e. The molecule has 0 saturated carbocycles. The van der Waals surface area contributed by atoms with Crippen LogP contribution in [0.4, 0.5) is 0 Å². The van der Waals surface area contributed by atoms with Crippen LogP contribution >= 0.6 is 0 Å². The Morgan fingerprint density at radius 1 is 1.38 bits per heavy atom. The number of carboxylic acid groups (broad SMARTS) is 1. The number of carbonyl (C=O) groups is 2. The van der Waals surface area contributed by atoms with Crippen molar-refractivity contribution >= 4 is 11.9 Å². The van der Waals surface area contributed by atoms with Gasteiger partial charge in [0.1, 0.15) is 0 Å². The molecule has 0 atom stereocenters. The second-order valence-electron chi connectivity index (χ2n) is 2.81. The minimum atomic E-state index is -1.04. The maximum absolute atomic E-state index is 11.2. The Hall–Kier alpha value is -1.58. The first-order valence-corrected chi connectivity index (χ1v) is 3.70. The Morgan fingerprint density at radius 3 is 2.15 bits per heavy atom. The van der Waals surface area contributed by atoms with Gasteiger partial charge in [-0.15, -0.1) is 0 Å². The summed E-state index contributed by atoms with van der Waals surface area (Å²) in [6.45, 7) is 6.45. The van der Waals surface area contributed by atoms with Crippen LogP contribution in [0.2, 0.25) is 0 Å². The molecular formula is C9H13NO3. The van der Waals surface area contributed by atoms with E-state index in [-0.39, 0.29) is 11.5 Å². The van der Waals surface area contributed by atoms with Crippen molar-refractivity contribution < 1.29 is 14.7 Å². The Kier molecular flexibility index (Phi) is 3.91. The van der Waals surface area contributed by atoms with Crippen LogP contribution in [0.5, 0.6) is 0 Å². The van der Waals surface area contributed by atoms with E-state index in [9.17, 15) is 9.59 Å². The third-order valence-electron chi connectivity index (χ3n) is 1.41. The van der Waals surface area contributed by atoms with E-state index in [1.165, 1.54) is 25.1 Å². The predicted molar refractivity (Wildman–Crippen MR) is 49.0 cm³/mol. The summed E-state index contributed by atoms with van der Waals surface area (Å²) in [5, 5.41) is 8.52. The van der Waals surface area contributed by atoms with E-state index in [2.05, 4.69) is 6.58 Å². The zero-order valence-corrected chi connectivity index (χ0v) is 8.00. The first-order chi connectivity index (χ1) is 5.86. The molecular weight excluding hydrogens is 170 g/mol. The fraction of sp³-hybridized carbons (Fsp3) is 0.333. The number of likely N-dealkylation sites (N-methyl/N-ethyl adjacent to an activating group) is 1. The summed E-state index contributed by atoms with van der Waals surface area (Å²) in [4.78, 5) is 22.8. The van der Waals surface area contributed by atoms with Crippen LogP contribution in [0.15, 0.2) is 23.9 Å². The normalized spacial score (nSPS) is 10.8. The molecule has 4 nitrogen and oxygen atoms in total. The van der Waals surface area contributed by atoms with E-state index in [4.69, 9.17) is 5.11 Å². The van der Waals surface area contributed by atoms with Gasteiger partial charge in [-0.1, -0.05) is 6.58 Å². The molecule has 0 spiro atoms. The topological polar surface area (TPSA) is 57.6 Å². The number of amides is 1. The van der Waals surface area contributed by atoms with Crippen molar-refractivity contribution in [2.75, 3.05) is 7.05 Å². The maximum Gasteiger partial charge on any atom is 0.332 e. The van der Waals surface area contributed by atoms with Crippen molar-refractivity contribution in [1.82, 2.24) is 4.90 Å². The summed E-state index contributed by atoms with van der Waals surface area (Å²) < 4.78 is 0. The fourth-order valence-corrected chi connectivity index (χ4v) is 0.705. The first-order valence-electron chi connectivity index (χ1n) is 3.70. The molecule has 0 aliphatic heterocycles. The van der Waals surface area contributed by atoms with Gasteiger partial charge in [0, 0.05) is 18.8 Å². The van der Waals surface area contributed by atoms with Gasteiger partial charge in [-0.25, -0.2) is 4.79 Å².